The van der Waals surface area contributed by atoms with Crippen LogP contribution in [0.4, 0.5) is 0 Å². The van der Waals surface area contributed by atoms with Crippen LogP contribution in [0, 0.1) is 5.92 Å². The molecule has 2 saturated carbocycles. The summed E-state index contributed by atoms with van der Waals surface area (Å²) in [5.41, 5.74) is 0. The molecule has 0 aliphatic heterocycles. The standard InChI is InChI=1S/C14H26N2O2/c1-2-16(12-6-7-12)14(18)10-15-9-11-4-3-5-13(17)8-11/h11-13,15,17H,2-10H2,1H3. The minimum Gasteiger partial charge on any atom is -0.393 e. The van der Waals surface area contributed by atoms with Gasteiger partial charge in [-0.1, -0.05) is 6.42 Å². The molecule has 2 fully saturated rings. The van der Waals surface area contributed by atoms with Gasteiger partial charge in [0, 0.05) is 12.6 Å². The van der Waals surface area contributed by atoms with Gasteiger partial charge in [-0.3, -0.25) is 4.79 Å². The van der Waals surface area contributed by atoms with E-state index >= 15 is 0 Å². The molecule has 1 amide bonds. The Morgan fingerprint density at radius 2 is 2.11 bits per heavy atom. The fourth-order valence-corrected chi connectivity index (χ4v) is 2.96. The van der Waals surface area contributed by atoms with Crippen LogP contribution in [0.3, 0.4) is 0 Å². The third-order valence-electron chi connectivity index (χ3n) is 4.11. The van der Waals surface area contributed by atoms with Gasteiger partial charge >= 0.3 is 0 Å². The van der Waals surface area contributed by atoms with Gasteiger partial charge in [-0.05, 0) is 51.5 Å². The average molecular weight is 254 g/mol. The lowest BCUT2D eigenvalue weighted by molar-refractivity contribution is -0.130. The minimum atomic E-state index is -0.125. The summed E-state index contributed by atoms with van der Waals surface area (Å²) in [6.07, 6.45) is 6.35. The second kappa shape index (κ2) is 6.53. The highest BCUT2D eigenvalue weighted by Crippen LogP contribution is 2.26. The van der Waals surface area contributed by atoms with E-state index < -0.39 is 0 Å². The summed E-state index contributed by atoms with van der Waals surface area (Å²) < 4.78 is 0. The van der Waals surface area contributed by atoms with E-state index in [0.29, 0.717) is 18.5 Å². The number of nitrogens with zero attached hydrogens (tertiary/aromatic N) is 1. The molecule has 0 spiro atoms. The van der Waals surface area contributed by atoms with Crippen molar-refractivity contribution in [3.8, 4) is 0 Å². The molecule has 2 atom stereocenters. The number of amides is 1. The van der Waals surface area contributed by atoms with E-state index in [9.17, 15) is 9.90 Å². The molecule has 4 heteroatoms. The van der Waals surface area contributed by atoms with E-state index in [0.717, 1.165) is 32.4 Å². The lowest BCUT2D eigenvalue weighted by Gasteiger charge is -2.26. The molecule has 2 N–H and O–H groups in total. The van der Waals surface area contributed by atoms with Crippen LogP contribution >= 0.6 is 0 Å². The van der Waals surface area contributed by atoms with Crippen molar-refractivity contribution in [3.05, 3.63) is 0 Å². The molecule has 0 aromatic rings. The predicted octanol–water partition coefficient (Wildman–Crippen LogP) is 1.14. The lowest BCUT2D eigenvalue weighted by Crippen LogP contribution is -2.41. The summed E-state index contributed by atoms with van der Waals surface area (Å²) in [6, 6.07) is 0.515. The number of likely N-dealkylation sites (N-methyl/N-ethyl adjacent to an activating group) is 1. The molecule has 0 aromatic carbocycles. The number of hydrogen-bond donors (Lipinski definition) is 2. The number of rotatable bonds is 6. The molecular weight excluding hydrogens is 228 g/mol. The zero-order chi connectivity index (χ0) is 13.0. The smallest absolute Gasteiger partial charge is 0.236 e. The summed E-state index contributed by atoms with van der Waals surface area (Å²) in [7, 11) is 0. The highest BCUT2D eigenvalue weighted by Gasteiger charge is 2.31. The fourth-order valence-electron chi connectivity index (χ4n) is 2.96. The Bertz CT molecular complexity index is 279. The van der Waals surface area contributed by atoms with Crippen molar-refractivity contribution in [2.75, 3.05) is 19.6 Å². The van der Waals surface area contributed by atoms with Gasteiger partial charge in [0.1, 0.15) is 0 Å². The van der Waals surface area contributed by atoms with Crippen LogP contribution in [0.15, 0.2) is 0 Å². The largest absolute Gasteiger partial charge is 0.393 e. The molecule has 0 aromatic heterocycles. The molecule has 2 aliphatic rings. The highest BCUT2D eigenvalue weighted by molar-refractivity contribution is 5.78. The van der Waals surface area contributed by atoms with Crippen molar-refractivity contribution in [2.45, 2.75) is 57.6 Å². The van der Waals surface area contributed by atoms with Crippen molar-refractivity contribution < 1.29 is 9.90 Å². The average Bonchev–Trinajstić information content (AvgIpc) is 3.14. The van der Waals surface area contributed by atoms with Crippen LogP contribution in [0.25, 0.3) is 0 Å². The first-order valence-corrected chi connectivity index (χ1v) is 7.39. The molecule has 0 saturated heterocycles. The maximum Gasteiger partial charge on any atom is 0.236 e. The third-order valence-corrected chi connectivity index (χ3v) is 4.11. The minimum absolute atomic E-state index is 0.125. The summed E-state index contributed by atoms with van der Waals surface area (Å²) in [6.45, 7) is 4.20. The zero-order valence-electron chi connectivity index (χ0n) is 11.4. The Morgan fingerprint density at radius 3 is 2.72 bits per heavy atom. The van der Waals surface area contributed by atoms with Crippen LogP contribution in [-0.2, 0) is 4.79 Å². The van der Waals surface area contributed by atoms with Crippen LogP contribution in [0.5, 0.6) is 0 Å². The first kappa shape index (κ1) is 13.8. The monoisotopic (exact) mass is 254 g/mol. The molecular formula is C14H26N2O2. The molecule has 2 aliphatic carbocycles. The van der Waals surface area contributed by atoms with Crippen LogP contribution < -0.4 is 5.32 Å². The number of aliphatic hydroxyl groups excluding tert-OH is 1. The van der Waals surface area contributed by atoms with Gasteiger partial charge in [0.2, 0.25) is 5.91 Å². The van der Waals surface area contributed by atoms with Gasteiger partial charge in [-0.25, -0.2) is 0 Å². The summed E-state index contributed by atoms with van der Waals surface area (Å²) in [5.74, 6) is 0.772. The number of hydrogen-bond acceptors (Lipinski definition) is 3. The second-order valence-electron chi connectivity index (χ2n) is 5.73. The normalized spacial score (nSPS) is 28.1. The van der Waals surface area contributed by atoms with Crippen molar-refractivity contribution in [2.24, 2.45) is 5.92 Å². The Labute approximate surface area is 110 Å². The second-order valence-corrected chi connectivity index (χ2v) is 5.73. The molecule has 4 nitrogen and oxygen atoms in total. The fraction of sp³-hybridized carbons (Fsp3) is 0.929. The van der Waals surface area contributed by atoms with Gasteiger partial charge in [0.25, 0.3) is 0 Å². The van der Waals surface area contributed by atoms with Gasteiger partial charge in [-0.15, -0.1) is 0 Å². The van der Waals surface area contributed by atoms with E-state index in [1.807, 2.05) is 11.8 Å². The zero-order valence-corrected chi connectivity index (χ0v) is 11.4. The van der Waals surface area contributed by atoms with Crippen LogP contribution in [0.1, 0.15) is 45.4 Å². The van der Waals surface area contributed by atoms with E-state index in [4.69, 9.17) is 0 Å². The molecule has 2 unspecified atom stereocenters. The third kappa shape index (κ3) is 3.95. The van der Waals surface area contributed by atoms with E-state index in [2.05, 4.69) is 5.32 Å². The highest BCUT2D eigenvalue weighted by atomic mass is 16.3. The number of carbonyl (C=O) groups is 1. The molecule has 2 rings (SSSR count). The predicted molar refractivity (Wildman–Crippen MR) is 71.2 cm³/mol. The Morgan fingerprint density at radius 1 is 1.33 bits per heavy atom. The molecule has 0 radical (unpaired) electrons. The lowest BCUT2D eigenvalue weighted by atomic mass is 9.87. The van der Waals surface area contributed by atoms with Crippen LogP contribution in [-0.4, -0.2) is 47.7 Å². The maximum atomic E-state index is 12.0. The number of aliphatic hydroxyl groups is 1. The van der Waals surface area contributed by atoms with Gasteiger partial charge in [0.05, 0.1) is 12.6 Å². The van der Waals surface area contributed by atoms with Crippen molar-refractivity contribution in [1.29, 1.82) is 0 Å². The quantitative estimate of drug-likeness (QED) is 0.747. The van der Waals surface area contributed by atoms with Gasteiger partial charge in [-0.2, -0.15) is 0 Å². The van der Waals surface area contributed by atoms with Crippen molar-refractivity contribution in [1.82, 2.24) is 10.2 Å². The topological polar surface area (TPSA) is 52.6 Å². The SMILES string of the molecule is CCN(C(=O)CNCC1CCCC(O)C1)C1CC1. The molecule has 0 bridgehead atoms. The summed E-state index contributed by atoms with van der Waals surface area (Å²) in [4.78, 5) is 14.0. The molecule has 0 heterocycles. The number of carbonyl (C=O) groups excluding carboxylic acids is 1. The Balaban J connectivity index is 1.63. The number of nitrogens with one attached hydrogen (secondary N) is 1. The van der Waals surface area contributed by atoms with Crippen molar-refractivity contribution >= 4 is 5.91 Å². The van der Waals surface area contributed by atoms with E-state index in [1.165, 1.54) is 19.3 Å². The van der Waals surface area contributed by atoms with Crippen molar-refractivity contribution in [3.63, 3.8) is 0 Å². The molecule has 104 valence electrons. The van der Waals surface area contributed by atoms with Crippen LogP contribution in [0.2, 0.25) is 0 Å². The first-order chi connectivity index (χ1) is 8.70. The molecule has 18 heavy (non-hydrogen) atoms. The van der Waals surface area contributed by atoms with Gasteiger partial charge in [0.15, 0.2) is 0 Å². The van der Waals surface area contributed by atoms with E-state index in [1.54, 1.807) is 0 Å². The first-order valence-electron chi connectivity index (χ1n) is 7.39. The Hall–Kier alpha value is -0.610. The van der Waals surface area contributed by atoms with Gasteiger partial charge < -0.3 is 15.3 Å². The van der Waals surface area contributed by atoms with E-state index in [-0.39, 0.29) is 12.0 Å². The maximum absolute atomic E-state index is 12.0. The summed E-state index contributed by atoms with van der Waals surface area (Å²) >= 11 is 0. The summed E-state index contributed by atoms with van der Waals surface area (Å²) in [5, 5.41) is 12.9. The Kier molecular flexibility index (Phi) is 5.01.